The van der Waals surface area contributed by atoms with Gasteiger partial charge in [0, 0.05) is 43.3 Å². The molecule has 5 rings (SSSR count). The number of fused-ring (bicyclic) bond motifs is 1. The first kappa shape index (κ1) is 27.6. The van der Waals surface area contributed by atoms with Crippen LogP contribution < -0.4 is 10.6 Å². The lowest BCUT2D eigenvalue weighted by atomic mass is 9.82. The molecule has 2 saturated heterocycles. The molecule has 2 aliphatic heterocycles. The Balaban J connectivity index is 1.44. The Morgan fingerprint density at radius 2 is 1.88 bits per heavy atom. The fraction of sp³-hybridized carbons (Fsp3) is 0.538. The fourth-order valence-electron chi connectivity index (χ4n) is 5.67. The lowest BCUT2D eigenvalue weighted by molar-refractivity contribution is 0.0698. The summed E-state index contributed by atoms with van der Waals surface area (Å²) in [5, 5.41) is 22.3. The molecule has 214 valence electrons. The van der Waals surface area contributed by atoms with Gasteiger partial charge in [-0.2, -0.15) is 5.10 Å². The van der Waals surface area contributed by atoms with Gasteiger partial charge >= 0.3 is 12.2 Å². The van der Waals surface area contributed by atoms with E-state index in [4.69, 9.17) is 4.98 Å². The van der Waals surface area contributed by atoms with E-state index in [-0.39, 0.29) is 35.1 Å². The van der Waals surface area contributed by atoms with Gasteiger partial charge in [0.1, 0.15) is 16.3 Å². The van der Waals surface area contributed by atoms with Gasteiger partial charge in [0.15, 0.2) is 5.82 Å². The number of alkyl carbamates (subject to hydrolysis) is 1. The van der Waals surface area contributed by atoms with E-state index in [0.717, 1.165) is 4.83 Å². The third kappa shape index (κ3) is 5.53. The molecule has 0 aromatic carbocycles. The second-order valence-corrected chi connectivity index (χ2v) is 12.1. The normalized spacial score (nSPS) is 20.1. The number of thiazole rings is 1. The van der Waals surface area contributed by atoms with Crippen LogP contribution in [0.3, 0.4) is 0 Å². The highest BCUT2D eigenvalue weighted by Gasteiger charge is 2.44. The summed E-state index contributed by atoms with van der Waals surface area (Å²) in [6.07, 6.45) is 3.91. The summed E-state index contributed by atoms with van der Waals surface area (Å²) < 4.78 is 6.43. The minimum Gasteiger partial charge on any atom is -0.465 e. The molecule has 0 bridgehead atoms. The summed E-state index contributed by atoms with van der Waals surface area (Å²) in [5.41, 5.74) is 0.627. The Morgan fingerprint density at radius 1 is 1.12 bits per heavy atom. The first-order valence-corrected chi connectivity index (χ1v) is 14.1. The summed E-state index contributed by atoms with van der Waals surface area (Å²) in [5.74, 6) is 0.593. The van der Waals surface area contributed by atoms with Crippen LogP contribution in [0.25, 0.3) is 16.2 Å². The van der Waals surface area contributed by atoms with Crippen molar-refractivity contribution in [3.8, 4) is 11.4 Å². The van der Waals surface area contributed by atoms with E-state index < -0.39 is 12.2 Å². The Morgan fingerprint density at radius 3 is 2.55 bits per heavy atom. The first-order valence-electron chi connectivity index (χ1n) is 13.3. The number of carbonyl (C=O) groups excluding carboxylic acids is 2. The Labute approximate surface area is 235 Å². The number of aromatic nitrogens is 4. The molecule has 13 nitrogen and oxygen atoms in total. The smallest absolute Gasteiger partial charge is 0.407 e. The van der Waals surface area contributed by atoms with Crippen molar-refractivity contribution in [2.75, 3.05) is 32.1 Å². The fourth-order valence-corrected chi connectivity index (χ4v) is 6.46. The third-order valence-corrected chi connectivity index (χ3v) is 8.36. The number of ether oxygens (including phenoxy) is 1. The van der Waals surface area contributed by atoms with E-state index in [2.05, 4.69) is 25.5 Å². The largest absolute Gasteiger partial charge is 0.465 e. The lowest BCUT2D eigenvalue weighted by Gasteiger charge is -2.37. The van der Waals surface area contributed by atoms with Crippen molar-refractivity contribution in [2.45, 2.75) is 58.2 Å². The zero-order valence-electron chi connectivity index (χ0n) is 23.0. The van der Waals surface area contributed by atoms with Crippen LogP contribution in [0.15, 0.2) is 23.8 Å². The monoisotopic (exact) mass is 570 g/mol. The maximum Gasteiger partial charge on any atom is 0.407 e. The average Bonchev–Trinajstić information content (AvgIpc) is 3.64. The van der Waals surface area contributed by atoms with E-state index in [0.29, 0.717) is 56.1 Å². The molecule has 2 fully saturated rings. The first-order chi connectivity index (χ1) is 19.0. The SMILES string of the molecule is COC(=O)NC1CCN(C(=O)c2cc(N[C@H]3CCN(C(=O)O)C3C(C)(C)C)nc(-c3cnn4ccsc34)n2)CC1. The van der Waals surface area contributed by atoms with Crippen molar-refractivity contribution < 1.29 is 24.2 Å². The third-order valence-electron chi connectivity index (χ3n) is 7.47. The molecule has 0 radical (unpaired) electrons. The second kappa shape index (κ2) is 10.9. The van der Waals surface area contributed by atoms with E-state index in [1.807, 2.05) is 32.3 Å². The number of hydrogen-bond donors (Lipinski definition) is 3. The zero-order chi connectivity index (χ0) is 28.6. The van der Waals surface area contributed by atoms with Crippen LogP contribution in [-0.2, 0) is 4.74 Å². The van der Waals surface area contributed by atoms with E-state index in [9.17, 15) is 19.5 Å². The molecule has 1 unspecified atom stereocenters. The van der Waals surface area contributed by atoms with Gasteiger partial charge in [0.25, 0.3) is 5.91 Å². The molecule has 5 heterocycles. The van der Waals surface area contributed by atoms with Crippen LogP contribution in [0, 0.1) is 5.41 Å². The van der Waals surface area contributed by atoms with Crippen LogP contribution >= 0.6 is 11.3 Å². The van der Waals surface area contributed by atoms with E-state index in [1.165, 1.54) is 23.3 Å². The lowest BCUT2D eigenvalue weighted by Crippen LogP contribution is -2.49. The van der Waals surface area contributed by atoms with Gasteiger partial charge in [-0.25, -0.2) is 24.1 Å². The van der Waals surface area contributed by atoms with Crippen molar-refractivity contribution in [2.24, 2.45) is 5.41 Å². The van der Waals surface area contributed by atoms with Crippen LogP contribution in [-0.4, -0.2) is 97.5 Å². The number of rotatable bonds is 5. The van der Waals surface area contributed by atoms with Crippen molar-refractivity contribution in [1.29, 1.82) is 0 Å². The van der Waals surface area contributed by atoms with Crippen LogP contribution in [0.5, 0.6) is 0 Å². The minimum atomic E-state index is -0.950. The number of methoxy groups -OCH3 is 1. The Kier molecular flexibility index (Phi) is 7.53. The quantitative estimate of drug-likeness (QED) is 0.419. The van der Waals surface area contributed by atoms with Crippen molar-refractivity contribution in [3.05, 3.63) is 29.5 Å². The van der Waals surface area contributed by atoms with Gasteiger partial charge in [-0.1, -0.05) is 20.8 Å². The minimum absolute atomic E-state index is 0.0666. The highest BCUT2D eigenvalue weighted by atomic mass is 32.1. The number of anilines is 1. The van der Waals surface area contributed by atoms with E-state index >= 15 is 0 Å². The number of nitrogens with zero attached hydrogens (tertiary/aromatic N) is 6. The highest BCUT2D eigenvalue weighted by Crippen LogP contribution is 2.35. The molecule has 0 aliphatic carbocycles. The van der Waals surface area contributed by atoms with Crippen molar-refractivity contribution >= 4 is 40.1 Å². The zero-order valence-corrected chi connectivity index (χ0v) is 23.8. The predicted octanol–water partition coefficient (Wildman–Crippen LogP) is 3.39. The molecule has 2 aliphatic rings. The molecule has 3 aromatic heterocycles. The average molecular weight is 571 g/mol. The molecule has 3 amide bonds. The molecule has 3 N–H and O–H groups in total. The standard InChI is InChI=1S/C26H34N8O5S/c1-26(2,3)20-17(7-10-33(20)25(37)38)29-19-13-18(22(35)32-8-5-15(6-9-32)28-24(36)39-4)30-21(31-19)16-14-27-34-11-12-40-23(16)34/h11-15,17,20H,5-10H2,1-4H3,(H,28,36)(H,37,38)(H,29,30,31)/t17-,20?/m0/s1. The summed E-state index contributed by atoms with van der Waals surface area (Å²) in [7, 11) is 1.32. The van der Waals surface area contributed by atoms with Crippen LogP contribution in [0.2, 0.25) is 0 Å². The van der Waals surface area contributed by atoms with Crippen LogP contribution in [0.4, 0.5) is 15.4 Å². The van der Waals surface area contributed by atoms with Gasteiger partial charge in [-0.05, 0) is 24.7 Å². The molecular formula is C26H34N8O5S. The molecule has 3 aromatic rings. The van der Waals surface area contributed by atoms with Gasteiger partial charge in [-0.15, -0.1) is 11.3 Å². The number of nitrogens with one attached hydrogen (secondary N) is 2. The molecule has 0 saturated carbocycles. The summed E-state index contributed by atoms with van der Waals surface area (Å²) in [6, 6.07) is 1.09. The summed E-state index contributed by atoms with van der Waals surface area (Å²) in [6.45, 7) is 7.39. The second-order valence-electron chi connectivity index (χ2n) is 11.2. The van der Waals surface area contributed by atoms with Gasteiger partial charge in [0.05, 0.1) is 31.0 Å². The van der Waals surface area contributed by atoms with Crippen molar-refractivity contribution in [1.82, 2.24) is 34.7 Å². The number of amides is 3. The number of hydrogen-bond acceptors (Lipinski definition) is 9. The molecule has 40 heavy (non-hydrogen) atoms. The molecular weight excluding hydrogens is 536 g/mol. The van der Waals surface area contributed by atoms with Gasteiger partial charge in [-0.3, -0.25) is 4.79 Å². The number of carboxylic acid groups (broad SMARTS) is 1. The number of piperidine rings is 1. The van der Waals surface area contributed by atoms with Crippen LogP contribution in [0.1, 0.15) is 50.5 Å². The molecule has 2 atom stereocenters. The number of carbonyl (C=O) groups is 3. The predicted molar refractivity (Wildman–Crippen MR) is 149 cm³/mol. The Bertz CT molecular complexity index is 1410. The number of likely N-dealkylation sites (tertiary alicyclic amines) is 2. The Hall–Kier alpha value is -3.94. The molecule has 14 heteroatoms. The maximum absolute atomic E-state index is 13.7. The summed E-state index contributed by atoms with van der Waals surface area (Å²) in [4.78, 5) is 50.7. The highest BCUT2D eigenvalue weighted by molar-refractivity contribution is 7.16. The van der Waals surface area contributed by atoms with Crippen molar-refractivity contribution in [3.63, 3.8) is 0 Å². The van der Waals surface area contributed by atoms with Gasteiger partial charge in [0.2, 0.25) is 0 Å². The topological polar surface area (TPSA) is 154 Å². The van der Waals surface area contributed by atoms with Gasteiger partial charge < -0.3 is 30.3 Å². The maximum atomic E-state index is 13.7. The van der Waals surface area contributed by atoms with E-state index in [1.54, 1.807) is 21.7 Å². The summed E-state index contributed by atoms with van der Waals surface area (Å²) >= 11 is 1.50. The molecule has 0 spiro atoms.